The fourth-order valence-electron chi connectivity index (χ4n) is 4.82. The Morgan fingerprint density at radius 2 is 1.63 bits per heavy atom. The number of carbonyl (C=O) groups excluding carboxylic acids is 2. The molecule has 0 saturated heterocycles. The van der Waals surface area contributed by atoms with Crippen LogP contribution in [0.25, 0.3) is 11.1 Å². The lowest BCUT2D eigenvalue weighted by molar-refractivity contribution is -0.137. The van der Waals surface area contributed by atoms with Crippen LogP contribution in [-0.2, 0) is 17.8 Å². The summed E-state index contributed by atoms with van der Waals surface area (Å²) >= 11 is 0. The summed E-state index contributed by atoms with van der Waals surface area (Å²) in [6, 6.07) is 14.3. The number of allylic oxidation sites excluding steroid dienone is 2. The highest BCUT2D eigenvalue weighted by atomic mass is 16.4. The molecule has 0 fully saturated rings. The van der Waals surface area contributed by atoms with E-state index in [1.165, 1.54) is 0 Å². The predicted octanol–water partition coefficient (Wildman–Crippen LogP) is 5.59. The van der Waals surface area contributed by atoms with Gasteiger partial charge in [-0.3, -0.25) is 14.4 Å². The minimum atomic E-state index is -0.999. The summed E-state index contributed by atoms with van der Waals surface area (Å²) in [6.07, 6.45) is 2.79. The third-order valence-corrected chi connectivity index (χ3v) is 6.88. The zero-order valence-corrected chi connectivity index (χ0v) is 21.5. The second-order valence-electron chi connectivity index (χ2n) is 9.47. The highest BCUT2D eigenvalue weighted by molar-refractivity contribution is 6.25. The van der Waals surface area contributed by atoms with Crippen LogP contribution in [0, 0.1) is 0 Å². The average Bonchev–Trinajstić information content (AvgIpc) is 3.26. The van der Waals surface area contributed by atoms with E-state index in [1.807, 2.05) is 28.8 Å². The number of benzene rings is 2. The van der Waals surface area contributed by atoms with Gasteiger partial charge in [0, 0.05) is 30.5 Å². The van der Waals surface area contributed by atoms with Crippen molar-refractivity contribution in [3.05, 3.63) is 88.0 Å². The molecule has 0 radical (unpaired) electrons. The zero-order valence-electron chi connectivity index (χ0n) is 21.5. The van der Waals surface area contributed by atoms with Gasteiger partial charge in [0.15, 0.2) is 0 Å². The van der Waals surface area contributed by atoms with E-state index in [1.54, 1.807) is 31.2 Å². The maximum absolute atomic E-state index is 13.6. The number of aliphatic carboxylic acids is 1. The number of fused-ring (bicyclic) bond motifs is 1. The topological polar surface area (TPSA) is 127 Å². The average molecular weight is 515 g/mol. The van der Waals surface area contributed by atoms with E-state index >= 15 is 0 Å². The van der Waals surface area contributed by atoms with Crippen molar-refractivity contribution in [3.63, 3.8) is 0 Å². The first-order valence-electron chi connectivity index (χ1n) is 12.7. The molecule has 0 atom stereocenters. The number of unbranched alkanes of at least 4 members (excludes halogenated alkanes) is 1. The molecule has 2 N–H and O–H groups in total. The first-order valence-corrected chi connectivity index (χ1v) is 12.7. The Kier molecular flexibility index (Phi) is 8.00. The number of aromatic nitrogens is 2. The van der Waals surface area contributed by atoms with Crippen LogP contribution in [0.15, 0.2) is 59.7 Å². The maximum Gasteiger partial charge on any atom is 0.336 e. The Morgan fingerprint density at radius 3 is 2.29 bits per heavy atom. The Balaban J connectivity index is 1.69. The number of rotatable bonds is 11. The molecule has 4 rings (SSSR count). The molecule has 8 nitrogen and oxygen atoms in total. The van der Waals surface area contributed by atoms with Crippen LogP contribution in [0.2, 0.25) is 0 Å². The number of hydrogen-bond donors (Lipinski definition) is 2. The number of hydrogen-bond acceptors (Lipinski definition) is 5. The molecule has 3 aromatic rings. The molecular weight excluding hydrogens is 484 g/mol. The molecule has 0 amide bonds. The molecule has 0 spiro atoms. The Bertz CT molecular complexity index is 1450. The van der Waals surface area contributed by atoms with Crippen molar-refractivity contribution in [3.8, 4) is 11.1 Å². The van der Waals surface area contributed by atoms with Gasteiger partial charge in [0.1, 0.15) is 17.2 Å². The summed E-state index contributed by atoms with van der Waals surface area (Å²) in [7, 11) is 0. The second-order valence-corrected chi connectivity index (χ2v) is 9.47. The van der Waals surface area contributed by atoms with E-state index in [9.17, 15) is 24.3 Å². The third kappa shape index (κ3) is 5.34. The first-order chi connectivity index (χ1) is 18.2. The molecule has 1 heterocycles. The maximum atomic E-state index is 13.6. The van der Waals surface area contributed by atoms with Gasteiger partial charge in [0.25, 0.3) is 0 Å². The molecule has 0 saturated carbocycles. The van der Waals surface area contributed by atoms with Crippen LogP contribution in [0.4, 0.5) is 0 Å². The number of nitrogens with zero attached hydrogens (tertiary/aromatic N) is 2. The highest BCUT2D eigenvalue weighted by Crippen LogP contribution is 2.31. The molecular formula is C30H30N2O6. The van der Waals surface area contributed by atoms with Gasteiger partial charge >= 0.3 is 11.9 Å². The second kappa shape index (κ2) is 11.4. The van der Waals surface area contributed by atoms with Gasteiger partial charge in [-0.15, -0.1) is 0 Å². The quantitative estimate of drug-likeness (QED) is 0.341. The number of aryl methyl sites for hydroxylation is 1. The number of imidazole rings is 1. The standard InChI is InChI=1S/C30H30N2O6/c1-3-4-11-24-31-26-27(29(36)21(18(2)28(26)35)10-7-12-25(33)34)32(24)17-19-13-15-20(16-14-19)22-8-5-6-9-23(22)30(37)38/h5-6,8-9,13-16H,3-4,7,10-12,17H2,1-2H3,(H,33,34)(H,37,38). The van der Waals surface area contributed by atoms with E-state index in [0.717, 1.165) is 24.0 Å². The summed E-state index contributed by atoms with van der Waals surface area (Å²) in [5.41, 5.74) is 3.57. The van der Waals surface area contributed by atoms with Gasteiger partial charge in [0.05, 0.1) is 5.56 Å². The largest absolute Gasteiger partial charge is 0.481 e. The normalized spacial score (nSPS) is 13.1. The Hall–Kier alpha value is -4.33. The molecule has 2 aromatic carbocycles. The number of carbonyl (C=O) groups is 4. The molecule has 1 aliphatic rings. The molecule has 1 aromatic heterocycles. The Labute approximate surface area is 220 Å². The van der Waals surface area contributed by atoms with Crippen LogP contribution in [0.3, 0.4) is 0 Å². The van der Waals surface area contributed by atoms with Crippen molar-refractivity contribution in [1.29, 1.82) is 0 Å². The van der Waals surface area contributed by atoms with Crippen LogP contribution in [0.5, 0.6) is 0 Å². The van der Waals surface area contributed by atoms with E-state index < -0.39 is 11.9 Å². The number of ketones is 2. The summed E-state index contributed by atoms with van der Waals surface area (Å²) in [5.74, 6) is -1.84. The Morgan fingerprint density at radius 1 is 0.921 bits per heavy atom. The molecule has 196 valence electrons. The summed E-state index contributed by atoms with van der Waals surface area (Å²) in [4.78, 5) is 54.0. The van der Waals surface area contributed by atoms with E-state index in [2.05, 4.69) is 11.9 Å². The van der Waals surface area contributed by atoms with Gasteiger partial charge in [-0.05, 0) is 48.9 Å². The summed E-state index contributed by atoms with van der Waals surface area (Å²) in [5, 5.41) is 18.5. The van der Waals surface area contributed by atoms with Crippen molar-refractivity contribution in [2.45, 2.75) is 58.9 Å². The zero-order chi connectivity index (χ0) is 27.4. The van der Waals surface area contributed by atoms with Crippen molar-refractivity contribution in [2.24, 2.45) is 0 Å². The van der Waals surface area contributed by atoms with Gasteiger partial charge in [-0.2, -0.15) is 0 Å². The van der Waals surface area contributed by atoms with Crippen LogP contribution in [0.1, 0.15) is 88.7 Å². The van der Waals surface area contributed by atoms with E-state index in [0.29, 0.717) is 35.5 Å². The number of carboxylic acids is 2. The third-order valence-electron chi connectivity index (χ3n) is 6.88. The van der Waals surface area contributed by atoms with Crippen molar-refractivity contribution in [1.82, 2.24) is 9.55 Å². The molecule has 38 heavy (non-hydrogen) atoms. The number of Topliss-reactive ketones (excluding diaryl/α,β-unsaturated/α-hetero) is 2. The van der Waals surface area contributed by atoms with Crippen molar-refractivity contribution < 1.29 is 29.4 Å². The molecule has 0 aliphatic heterocycles. The predicted molar refractivity (Wildman–Crippen MR) is 142 cm³/mol. The monoisotopic (exact) mass is 514 g/mol. The fourth-order valence-corrected chi connectivity index (χ4v) is 4.82. The van der Waals surface area contributed by atoms with Crippen molar-refractivity contribution in [2.75, 3.05) is 0 Å². The van der Waals surface area contributed by atoms with Gasteiger partial charge in [-0.25, -0.2) is 9.78 Å². The van der Waals surface area contributed by atoms with Crippen LogP contribution < -0.4 is 0 Å². The van der Waals surface area contributed by atoms with E-state index in [-0.39, 0.29) is 47.8 Å². The van der Waals surface area contributed by atoms with Crippen LogP contribution >= 0.6 is 0 Å². The van der Waals surface area contributed by atoms with E-state index in [4.69, 9.17) is 5.11 Å². The molecule has 0 bridgehead atoms. The minimum absolute atomic E-state index is 0.0799. The van der Waals surface area contributed by atoms with Gasteiger partial charge < -0.3 is 14.8 Å². The lowest BCUT2D eigenvalue weighted by Crippen LogP contribution is -2.24. The molecule has 0 unspecified atom stereocenters. The number of aromatic carboxylic acids is 1. The SMILES string of the molecule is CCCCc1nc2c(n1Cc1ccc(-c3ccccc3C(=O)O)cc1)C(=O)C(CCCC(=O)O)=C(C)C2=O. The fraction of sp³-hybridized carbons (Fsp3) is 0.300. The first kappa shape index (κ1) is 26.7. The summed E-state index contributed by atoms with van der Waals surface area (Å²) in [6.45, 7) is 3.99. The lowest BCUT2D eigenvalue weighted by atomic mass is 9.88. The van der Waals surface area contributed by atoms with Crippen molar-refractivity contribution >= 4 is 23.5 Å². The number of carboxylic acid groups (broad SMARTS) is 2. The highest BCUT2D eigenvalue weighted by Gasteiger charge is 2.35. The summed E-state index contributed by atoms with van der Waals surface area (Å²) < 4.78 is 1.81. The molecule has 8 heteroatoms. The minimum Gasteiger partial charge on any atom is -0.481 e. The van der Waals surface area contributed by atoms with Crippen LogP contribution in [-0.4, -0.2) is 43.3 Å². The molecule has 1 aliphatic carbocycles. The van der Waals surface area contributed by atoms with Gasteiger partial charge in [0.2, 0.25) is 11.6 Å². The lowest BCUT2D eigenvalue weighted by Gasteiger charge is -2.18. The smallest absolute Gasteiger partial charge is 0.336 e. The van der Waals surface area contributed by atoms with Gasteiger partial charge in [-0.1, -0.05) is 55.8 Å².